The van der Waals surface area contributed by atoms with Crippen molar-refractivity contribution in [1.82, 2.24) is 9.13 Å². The summed E-state index contributed by atoms with van der Waals surface area (Å²) >= 11 is 0.984. The van der Waals surface area contributed by atoms with E-state index in [1.165, 1.54) is 38.0 Å². The highest BCUT2D eigenvalue weighted by atomic mass is 32.1. The van der Waals surface area contributed by atoms with Gasteiger partial charge in [0.05, 0.1) is 31.7 Å². The maximum Gasteiger partial charge on any atom is 0.348 e. The number of esters is 1. The summed E-state index contributed by atoms with van der Waals surface area (Å²) in [5.41, 5.74) is -0.347. The highest BCUT2D eigenvalue weighted by Gasteiger charge is 2.21. The monoisotopic (exact) mass is 494 g/mol. The highest BCUT2D eigenvalue weighted by molar-refractivity contribution is 7.20. The minimum atomic E-state index is -0.677. The van der Waals surface area contributed by atoms with Crippen LogP contribution in [0.4, 0.5) is 0 Å². The minimum absolute atomic E-state index is 0.0773. The van der Waals surface area contributed by atoms with Gasteiger partial charge in [0.25, 0.3) is 5.56 Å². The number of carbonyl (C=O) groups excluding carboxylic acids is 2. The molecule has 0 fully saturated rings. The lowest BCUT2D eigenvalue weighted by atomic mass is 10.1. The fraction of sp³-hybridized carbons (Fsp3) is 0.200. The number of carbonyl (C=O) groups is 2. The van der Waals surface area contributed by atoms with Crippen molar-refractivity contribution in [2.45, 2.75) is 13.2 Å². The van der Waals surface area contributed by atoms with Crippen LogP contribution in [0, 0.1) is 0 Å². The average molecular weight is 495 g/mol. The van der Waals surface area contributed by atoms with Crippen LogP contribution >= 0.6 is 11.3 Å². The van der Waals surface area contributed by atoms with Crippen LogP contribution in [0.1, 0.15) is 25.6 Å². The number of hydrogen-bond acceptors (Lipinski definition) is 8. The molecule has 180 valence electrons. The Bertz CT molecular complexity index is 1530. The Hall–Kier alpha value is -4.18. The van der Waals surface area contributed by atoms with Gasteiger partial charge in [0.1, 0.15) is 27.8 Å². The summed E-state index contributed by atoms with van der Waals surface area (Å²) < 4.78 is 17.8. The molecule has 0 aliphatic heterocycles. The molecule has 0 saturated carbocycles. The van der Waals surface area contributed by atoms with E-state index in [2.05, 4.69) is 0 Å². The van der Waals surface area contributed by atoms with Crippen LogP contribution in [-0.4, -0.2) is 35.1 Å². The van der Waals surface area contributed by atoms with Crippen molar-refractivity contribution in [2.24, 2.45) is 7.05 Å². The van der Waals surface area contributed by atoms with Gasteiger partial charge < -0.3 is 14.2 Å². The van der Waals surface area contributed by atoms with E-state index in [9.17, 15) is 19.2 Å². The summed E-state index contributed by atoms with van der Waals surface area (Å²) in [5.74, 6) is -0.384. The van der Waals surface area contributed by atoms with Gasteiger partial charge in [-0.25, -0.2) is 9.59 Å². The van der Waals surface area contributed by atoms with Crippen molar-refractivity contribution >= 4 is 33.3 Å². The molecule has 4 aromatic rings. The molecular weight excluding hydrogens is 472 g/mol. The van der Waals surface area contributed by atoms with Gasteiger partial charge in [-0.05, 0) is 29.8 Å². The van der Waals surface area contributed by atoms with Crippen molar-refractivity contribution < 1.29 is 23.8 Å². The summed E-state index contributed by atoms with van der Waals surface area (Å²) in [6.07, 6.45) is 0. The number of aromatic nitrogens is 2. The van der Waals surface area contributed by atoms with Crippen LogP contribution in [0.5, 0.6) is 11.5 Å². The predicted molar refractivity (Wildman–Crippen MR) is 131 cm³/mol. The van der Waals surface area contributed by atoms with Crippen LogP contribution in [0.3, 0.4) is 0 Å². The summed E-state index contributed by atoms with van der Waals surface area (Å²) in [4.78, 5) is 52.2. The molecule has 0 amide bonds. The molecule has 10 heteroatoms. The fourth-order valence-electron chi connectivity index (χ4n) is 3.58. The molecule has 0 radical (unpaired) electrons. The van der Waals surface area contributed by atoms with Crippen LogP contribution in [0.15, 0.2) is 64.2 Å². The standard InChI is InChI=1S/C25H22N2O7S/c1-26-23-18(12-21(35-23)24(30)34-14-15-7-5-4-6-8-15)22(29)27(25(26)31)13-19(28)17-11-16(32-2)9-10-20(17)33-3/h4-12H,13-14H2,1-3H3. The quantitative estimate of drug-likeness (QED) is 0.274. The zero-order chi connectivity index (χ0) is 25.1. The highest BCUT2D eigenvalue weighted by Crippen LogP contribution is 2.25. The summed E-state index contributed by atoms with van der Waals surface area (Å²) in [5, 5.41) is 0.147. The maximum absolute atomic E-state index is 13.2. The van der Waals surface area contributed by atoms with E-state index < -0.39 is 29.5 Å². The molecule has 0 bridgehead atoms. The van der Waals surface area contributed by atoms with Gasteiger partial charge in [-0.15, -0.1) is 11.3 Å². The largest absolute Gasteiger partial charge is 0.497 e. The maximum atomic E-state index is 13.2. The summed E-state index contributed by atoms with van der Waals surface area (Å²) in [7, 11) is 4.36. The number of benzene rings is 2. The second kappa shape index (κ2) is 9.98. The number of methoxy groups -OCH3 is 2. The second-order valence-electron chi connectivity index (χ2n) is 7.61. The molecule has 0 atom stereocenters. The molecular formula is C25H22N2O7S. The van der Waals surface area contributed by atoms with Crippen LogP contribution in [0.25, 0.3) is 10.2 Å². The van der Waals surface area contributed by atoms with E-state index in [1.54, 1.807) is 12.1 Å². The normalized spacial score (nSPS) is 10.8. The number of aryl methyl sites for hydroxylation is 1. The molecule has 0 N–H and O–H groups in total. The molecule has 0 unspecified atom stereocenters. The first-order chi connectivity index (χ1) is 16.8. The molecule has 9 nitrogen and oxygen atoms in total. The molecule has 0 aliphatic carbocycles. The lowest BCUT2D eigenvalue weighted by molar-refractivity contribution is 0.0478. The smallest absolute Gasteiger partial charge is 0.348 e. The van der Waals surface area contributed by atoms with Crippen molar-refractivity contribution in [3.05, 3.63) is 91.4 Å². The van der Waals surface area contributed by atoms with E-state index in [0.717, 1.165) is 21.5 Å². The zero-order valence-corrected chi connectivity index (χ0v) is 20.1. The van der Waals surface area contributed by atoms with Crippen molar-refractivity contribution in [1.29, 1.82) is 0 Å². The Labute approximate surface area is 203 Å². The first-order valence-corrected chi connectivity index (χ1v) is 11.3. The van der Waals surface area contributed by atoms with Crippen LogP contribution in [-0.2, 0) is 24.9 Å². The number of ketones is 1. The van der Waals surface area contributed by atoms with Crippen molar-refractivity contribution in [3.8, 4) is 11.5 Å². The average Bonchev–Trinajstić information content (AvgIpc) is 3.34. The molecule has 2 aromatic carbocycles. The van der Waals surface area contributed by atoms with E-state index >= 15 is 0 Å². The molecule has 0 spiro atoms. The third-order valence-corrected chi connectivity index (χ3v) is 6.62. The Morgan fingerprint density at radius 3 is 2.40 bits per heavy atom. The Morgan fingerprint density at radius 2 is 1.71 bits per heavy atom. The summed E-state index contributed by atoms with van der Waals surface area (Å²) in [6.45, 7) is -0.428. The number of thiophene rings is 1. The van der Waals surface area contributed by atoms with Gasteiger partial charge in [0, 0.05) is 7.05 Å². The first kappa shape index (κ1) is 24.0. The molecule has 4 rings (SSSR count). The van der Waals surface area contributed by atoms with E-state index in [-0.39, 0.29) is 22.4 Å². The van der Waals surface area contributed by atoms with Gasteiger partial charge in [-0.3, -0.25) is 18.7 Å². The van der Waals surface area contributed by atoms with Gasteiger partial charge in [-0.2, -0.15) is 0 Å². The van der Waals surface area contributed by atoms with E-state index in [4.69, 9.17) is 14.2 Å². The number of hydrogen-bond donors (Lipinski definition) is 0. The third kappa shape index (κ3) is 4.73. The SMILES string of the molecule is COc1ccc(OC)c(C(=O)Cn2c(=O)c3cc(C(=O)OCc4ccccc4)sc3n(C)c2=O)c1. The lowest BCUT2D eigenvalue weighted by Crippen LogP contribution is -2.40. The topological polar surface area (TPSA) is 106 Å². The second-order valence-corrected chi connectivity index (χ2v) is 8.64. The first-order valence-electron chi connectivity index (χ1n) is 10.5. The van der Waals surface area contributed by atoms with E-state index in [0.29, 0.717) is 16.3 Å². The molecule has 2 aromatic heterocycles. The van der Waals surface area contributed by atoms with Gasteiger partial charge in [0.2, 0.25) is 0 Å². The summed E-state index contributed by atoms with van der Waals surface area (Å²) in [6, 6.07) is 15.3. The zero-order valence-electron chi connectivity index (χ0n) is 19.3. The fourth-order valence-corrected chi connectivity index (χ4v) is 4.58. The predicted octanol–water partition coefficient (Wildman–Crippen LogP) is 3.02. The van der Waals surface area contributed by atoms with E-state index in [1.807, 2.05) is 30.3 Å². The number of fused-ring (bicyclic) bond motifs is 1. The molecule has 35 heavy (non-hydrogen) atoms. The molecule has 0 aliphatic rings. The number of ether oxygens (including phenoxy) is 3. The van der Waals surface area contributed by atoms with Crippen LogP contribution in [0.2, 0.25) is 0 Å². The lowest BCUT2D eigenvalue weighted by Gasteiger charge is -2.11. The van der Waals surface area contributed by atoms with Gasteiger partial charge in [0.15, 0.2) is 5.78 Å². The molecule has 0 saturated heterocycles. The van der Waals surface area contributed by atoms with Gasteiger partial charge in [-0.1, -0.05) is 30.3 Å². The number of rotatable bonds is 8. The Kier molecular flexibility index (Phi) is 6.83. The number of nitrogens with zero attached hydrogens (tertiary/aromatic N) is 2. The van der Waals surface area contributed by atoms with Crippen molar-refractivity contribution in [3.63, 3.8) is 0 Å². The minimum Gasteiger partial charge on any atom is -0.497 e. The Morgan fingerprint density at radius 1 is 0.971 bits per heavy atom. The van der Waals surface area contributed by atoms with Crippen molar-refractivity contribution in [2.75, 3.05) is 14.2 Å². The third-order valence-electron chi connectivity index (χ3n) is 5.43. The Balaban J connectivity index is 1.66. The van der Waals surface area contributed by atoms with Crippen LogP contribution < -0.4 is 20.7 Å². The van der Waals surface area contributed by atoms with Gasteiger partial charge >= 0.3 is 11.7 Å². The number of Topliss-reactive ketones (excluding diaryl/α,β-unsaturated/α-hetero) is 1. The molecule has 2 heterocycles.